The van der Waals surface area contributed by atoms with E-state index in [4.69, 9.17) is 16.3 Å². The first-order valence-corrected chi connectivity index (χ1v) is 12.5. The van der Waals surface area contributed by atoms with Gasteiger partial charge in [0.25, 0.3) is 0 Å². The van der Waals surface area contributed by atoms with E-state index < -0.39 is 23.6 Å². The van der Waals surface area contributed by atoms with E-state index in [2.05, 4.69) is 26.1 Å². The first-order valence-electron chi connectivity index (χ1n) is 12.1. The molecule has 0 bridgehead atoms. The van der Waals surface area contributed by atoms with Gasteiger partial charge in [-0.15, -0.1) is 0 Å². The maximum absolute atomic E-state index is 12.8. The van der Waals surface area contributed by atoms with Crippen molar-refractivity contribution in [1.82, 2.24) is 30.3 Å². The fraction of sp³-hybridized carbons (Fsp3) is 0.360. The average molecular weight is 526 g/mol. The van der Waals surface area contributed by atoms with Crippen LogP contribution in [0.4, 0.5) is 0 Å². The Morgan fingerprint density at radius 1 is 1.16 bits per heavy atom. The number of aromatic nitrogens is 3. The summed E-state index contributed by atoms with van der Waals surface area (Å²) in [7, 11) is 1.42. The molecule has 1 aliphatic heterocycles. The first kappa shape index (κ1) is 25.0. The van der Waals surface area contributed by atoms with E-state index in [1.54, 1.807) is 30.4 Å². The molecule has 0 radical (unpaired) electrons. The Balaban J connectivity index is 1.26. The van der Waals surface area contributed by atoms with Crippen molar-refractivity contribution < 1.29 is 9.53 Å². The SMILES string of the molecule is Cn1c(=O)[nH]/c(=N\C2C=CC(OC3C=CC(C(=O)NC4CC4)NN3)=CC2)n(Cc2ccc(Cl)cc2)c1=O. The van der Waals surface area contributed by atoms with Gasteiger partial charge in [0.15, 0.2) is 6.23 Å². The van der Waals surface area contributed by atoms with Crippen molar-refractivity contribution in [2.24, 2.45) is 12.0 Å². The molecule has 3 unspecified atom stereocenters. The van der Waals surface area contributed by atoms with Gasteiger partial charge in [-0.1, -0.05) is 35.9 Å². The Bertz CT molecular complexity index is 1450. The number of allylic oxidation sites excluding steroid dienone is 1. The summed E-state index contributed by atoms with van der Waals surface area (Å²) < 4.78 is 8.37. The molecule has 1 amide bonds. The largest absolute Gasteiger partial charge is 0.471 e. The van der Waals surface area contributed by atoms with Crippen LogP contribution in [0.5, 0.6) is 0 Å². The molecule has 3 aliphatic rings. The van der Waals surface area contributed by atoms with Crippen molar-refractivity contribution in [2.75, 3.05) is 0 Å². The van der Waals surface area contributed by atoms with Crippen molar-refractivity contribution in [3.63, 3.8) is 0 Å². The highest BCUT2D eigenvalue weighted by molar-refractivity contribution is 6.30. The molecule has 1 fully saturated rings. The quantitative estimate of drug-likeness (QED) is 0.385. The van der Waals surface area contributed by atoms with Crippen molar-refractivity contribution in [2.45, 2.75) is 50.2 Å². The number of halogens is 1. The van der Waals surface area contributed by atoms with Crippen LogP contribution in [0, 0.1) is 0 Å². The Labute approximate surface area is 217 Å². The molecule has 2 heterocycles. The molecule has 2 aromatic rings. The lowest BCUT2D eigenvalue weighted by Crippen LogP contribution is -2.55. The van der Waals surface area contributed by atoms with Gasteiger partial charge in [0, 0.05) is 18.1 Å². The summed E-state index contributed by atoms with van der Waals surface area (Å²) in [4.78, 5) is 44.6. The number of ether oxygens (including phenoxy) is 1. The molecule has 0 spiro atoms. The minimum absolute atomic E-state index is 0.0620. The van der Waals surface area contributed by atoms with Gasteiger partial charge in [-0.2, -0.15) is 0 Å². The molecule has 194 valence electrons. The third-order valence-electron chi connectivity index (χ3n) is 6.21. The average Bonchev–Trinajstić information content (AvgIpc) is 3.72. The van der Waals surface area contributed by atoms with Crippen LogP contribution in [-0.4, -0.2) is 44.4 Å². The lowest BCUT2D eigenvalue weighted by molar-refractivity contribution is -0.122. The van der Waals surface area contributed by atoms with Gasteiger partial charge in [-0.3, -0.25) is 14.3 Å². The van der Waals surface area contributed by atoms with Crippen LogP contribution in [0.3, 0.4) is 0 Å². The number of carbonyl (C=O) groups excluding carboxylic acids is 1. The summed E-state index contributed by atoms with van der Waals surface area (Å²) in [6.07, 6.45) is 11.2. The number of aromatic amines is 1. The maximum Gasteiger partial charge on any atom is 0.335 e. The number of rotatable bonds is 7. The van der Waals surface area contributed by atoms with E-state index in [0.717, 1.165) is 23.0 Å². The summed E-state index contributed by atoms with van der Waals surface area (Å²) in [6.45, 7) is 0.229. The molecule has 1 aromatic carbocycles. The molecule has 1 saturated carbocycles. The lowest BCUT2D eigenvalue weighted by atomic mass is 10.1. The van der Waals surface area contributed by atoms with Gasteiger partial charge in [-0.25, -0.2) is 30.0 Å². The van der Waals surface area contributed by atoms with E-state index >= 15 is 0 Å². The molecule has 2 aliphatic carbocycles. The standard InChI is InChI=1S/C25H28ClN7O4/c1-32-24(35)29-23(33(25(32)36)14-15-2-4-16(26)5-3-15)28-18-8-10-19(11-9-18)37-21-13-12-20(30-31-21)22(34)27-17-6-7-17/h2-5,8,10-13,17-18,20-21,30-31H,6-7,9,14H2,1H3,(H,27,34)(H,28,29,35). The summed E-state index contributed by atoms with van der Waals surface area (Å²) in [5.74, 6) is 0.579. The number of hydrogen-bond acceptors (Lipinski definition) is 7. The van der Waals surface area contributed by atoms with Crippen LogP contribution in [-0.2, 0) is 23.1 Å². The number of benzene rings is 1. The van der Waals surface area contributed by atoms with Crippen LogP contribution in [0.25, 0.3) is 0 Å². The van der Waals surface area contributed by atoms with E-state index in [-0.39, 0.29) is 24.1 Å². The molecule has 37 heavy (non-hydrogen) atoms. The smallest absolute Gasteiger partial charge is 0.335 e. The van der Waals surface area contributed by atoms with Crippen molar-refractivity contribution in [3.05, 3.63) is 97.6 Å². The number of hydrazine groups is 1. The molecule has 4 N–H and O–H groups in total. The second-order valence-corrected chi connectivity index (χ2v) is 9.61. The molecular weight excluding hydrogens is 498 g/mol. The van der Waals surface area contributed by atoms with Crippen LogP contribution in [0.2, 0.25) is 5.02 Å². The monoisotopic (exact) mass is 525 g/mol. The van der Waals surface area contributed by atoms with Gasteiger partial charge in [0.05, 0.1) is 12.6 Å². The molecular formula is C25H28ClN7O4. The van der Waals surface area contributed by atoms with Crippen LogP contribution in [0.15, 0.2) is 75.0 Å². The third-order valence-corrected chi connectivity index (χ3v) is 6.46. The zero-order chi connectivity index (χ0) is 25.9. The Morgan fingerprint density at radius 2 is 1.95 bits per heavy atom. The van der Waals surface area contributed by atoms with Crippen LogP contribution in [0.1, 0.15) is 24.8 Å². The number of H-pyrrole nitrogens is 1. The first-order chi connectivity index (χ1) is 17.9. The number of nitrogens with zero attached hydrogens (tertiary/aromatic N) is 3. The Hall–Kier alpha value is -3.67. The van der Waals surface area contributed by atoms with E-state index in [9.17, 15) is 14.4 Å². The van der Waals surface area contributed by atoms with Crippen LogP contribution < -0.4 is 33.2 Å². The number of carbonyl (C=O) groups is 1. The highest BCUT2D eigenvalue weighted by Gasteiger charge is 2.28. The molecule has 0 saturated heterocycles. The summed E-state index contributed by atoms with van der Waals surface area (Å²) in [5.41, 5.74) is 5.97. The highest BCUT2D eigenvalue weighted by Crippen LogP contribution is 2.19. The van der Waals surface area contributed by atoms with Gasteiger partial charge in [0.1, 0.15) is 11.8 Å². The fourth-order valence-electron chi connectivity index (χ4n) is 3.92. The number of amides is 1. The molecule has 12 heteroatoms. The second-order valence-electron chi connectivity index (χ2n) is 9.18. The molecule has 3 atom stereocenters. The Morgan fingerprint density at radius 3 is 2.59 bits per heavy atom. The molecule has 11 nitrogen and oxygen atoms in total. The highest BCUT2D eigenvalue weighted by atomic mass is 35.5. The van der Waals surface area contributed by atoms with Crippen molar-refractivity contribution in [1.29, 1.82) is 0 Å². The second kappa shape index (κ2) is 10.8. The zero-order valence-electron chi connectivity index (χ0n) is 20.2. The van der Waals surface area contributed by atoms with E-state index in [1.165, 1.54) is 11.6 Å². The van der Waals surface area contributed by atoms with E-state index in [0.29, 0.717) is 23.2 Å². The van der Waals surface area contributed by atoms with Gasteiger partial charge >= 0.3 is 11.4 Å². The minimum atomic E-state index is -0.540. The van der Waals surface area contributed by atoms with Gasteiger partial charge in [-0.05, 0) is 55.2 Å². The molecule has 5 rings (SSSR count). The van der Waals surface area contributed by atoms with Gasteiger partial charge in [0.2, 0.25) is 11.5 Å². The van der Waals surface area contributed by atoms with Gasteiger partial charge < -0.3 is 10.1 Å². The maximum atomic E-state index is 12.8. The summed E-state index contributed by atoms with van der Waals surface area (Å²) >= 11 is 5.97. The minimum Gasteiger partial charge on any atom is -0.471 e. The Kier molecular flexibility index (Phi) is 7.26. The normalized spacial score (nSPS) is 23.6. The number of hydrogen-bond donors (Lipinski definition) is 4. The predicted molar refractivity (Wildman–Crippen MR) is 137 cm³/mol. The lowest BCUT2D eigenvalue weighted by Gasteiger charge is -2.26. The van der Waals surface area contributed by atoms with Crippen LogP contribution >= 0.6 is 11.6 Å². The molecule has 1 aromatic heterocycles. The van der Waals surface area contributed by atoms with Crippen molar-refractivity contribution in [3.8, 4) is 0 Å². The predicted octanol–water partition coefficient (Wildman–Crippen LogP) is 0.344. The summed E-state index contributed by atoms with van der Waals surface area (Å²) in [6, 6.07) is 6.69. The topological polar surface area (TPSA) is 135 Å². The van der Waals surface area contributed by atoms with E-state index in [1.807, 2.05) is 24.3 Å². The third kappa shape index (κ3) is 6.19. The summed E-state index contributed by atoms with van der Waals surface area (Å²) in [5, 5.41) is 3.55. The van der Waals surface area contributed by atoms with Crippen molar-refractivity contribution >= 4 is 17.5 Å². The number of nitrogens with one attached hydrogen (secondary N) is 4. The zero-order valence-corrected chi connectivity index (χ0v) is 20.9. The fourth-order valence-corrected chi connectivity index (χ4v) is 4.05.